The Morgan fingerprint density at radius 1 is 0.964 bits per heavy atom. The standard InChI is InChI=1S/C22H25F3N2O/c23-22(24,25)19-11-9-17(10-12-19)13-14-26-21(28)20(18-7-3-1-4-8-18)27-15-5-2-6-16-27/h1,3-4,7-12,20H,2,5-6,13-16H2,(H,26,28). The fourth-order valence-electron chi connectivity index (χ4n) is 3.63. The van der Waals surface area contributed by atoms with Crippen LogP contribution in [0.25, 0.3) is 0 Å². The largest absolute Gasteiger partial charge is 0.416 e. The minimum absolute atomic E-state index is 0.0555. The lowest BCUT2D eigenvalue weighted by atomic mass is 10.0. The summed E-state index contributed by atoms with van der Waals surface area (Å²) in [5.74, 6) is -0.0555. The maximum absolute atomic E-state index is 12.9. The van der Waals surface area contributed by atoms with E-state index in [0.717, 1.165) is 49.2 Å². The number of halogens is 3. The smallest absolute Gasteiger partial charge is 0.354 e. The van der Waals surface area contributed by atoms with Crippen LogP contribution in [0.4, 0.5) is 13.2 Å². The maximum Gasteiger partial charge on any atom is 0.416 e. The van der Waals surface area contributed by atoms with Gasteiger partial charge < -0.3 is 5.32 Å². The summed E-state index contributed by atoms with van der Waals surface area (Å²) in [5.41, 5.74) is 1.08. The van der Waals surface area contributed by atoms with Crippen LogP contribution in [0.5, 0.6) is 0 Å². The first-order valence-electron chi connectivity index (χ1n) is 9.68. The van der Waals surface area contributed by atoms with Crippen molar-refractivity contribution < 1.29 is 18.0 Å². The molecule has 2 aromatic rings. The predicted molar refractivity (Wildman–Crippen MR) is 103 cm³/mol. The van der Waals surface area contributed by atoms with Gasteiger partial charge in [0.2, 0.25) is 5.91 Å². The van der Waals surface area contributed by atoms with Gasteiger partial charge in [-0.15, -0.1) is 0 Å². The van der Waals surface area contributed by atoms with Crippen molar-refractivity contribution >= 4 is 5.91 Å². The molecule has 0 radical (unpaired) electrons. The zero-order valence-electron chi connectivity index (χ0n) is 15.7. The predicted octanol–water partition coefficient (Wildman–Crippen LogP) is 4.59. The van der Waals surface area contributed by atoms with E-state index in [9.17, 15) is 18.0 Å². The summed E-state index contributed by atoms with van der Waals surface area (Å²) >= 11 is 0. The molecular formula is C22H25F3N2O. The van der Waals surface area contributed by atoms with Crippen molar-refractivity contribution in [3.8, 4) is 0 Å². The fraction of sp³-hybridized carbons (Fsp3) is 0.409. The molecule has 1 heterocycles. The molecule has 3 nitrogen and oxygen atoms in total. The fourth-order valence-corrected chi connectivity index (χ4v) is 3.63. The first kappa shape index (κ1) is 20.4. The Bertz CT molecular complexity index is 754. The van der Waals surface area contributed by atoms with E-state index in [4.69, 9.17) is 0 Å². The molecule has 28 heavy (non-hydrogen) atoms. The summed E-state index contributed by atoms with van der Waals surface area (Å²) < 4.78 is 37.9. The molecule has 0 saturated carbocycles. The molecular weight excluding hydrogens is 365 g/mol. The summed E-state index contributed by atoms with van der Waals surface area (Å²) in [6.45, 7) is 2.18. The topological polar surface area (TPSA) is 32.3 Å². The third-order valence-electron chi connectivity index (χ3n) is 5.11. The first-order valence-corrected chi connectivity index (χ1v) is 9.68. The number of carbonyl (C=O) groups excluding carboxylic acids is 1. The number of piperidine rings is 1. The Kier molecular flexibility index (Phi) is 6.73. The molecule has 6 heteroatoms. The SMILES string of the molecule is O=C(NCCc1ccc(C(F)(F)F)cc1)C(c1ccccc1)N1CCCCC1. The number of hydrogen-bond acceptors (Lipinski definition) is 2. The van der Waals surface area contributed by atoms with Crippen molar-refractivity contribution in [3.05, 3.63) is 71.3 Å². The van der Waals surface area contributed by atoms with Gasteiger partial charge in [0, 0.05) is 6.54 Å². The summed E-state index contributed by atoms with van der Waals surface area (Å²) in [6.07, 6.45) is -0.479. The van der Waals surface area contributed by atoms with Gasteiger partial charge >= 0.3 is 6.18 Å². The molecule has 1 atom stereocenters. The third-order valence-corrected chi connectivity index (χ3v) is 5.11. The van der Waals surface area contributed by atoms with Gasteiger partial charge in [-0.3, -0.25) is 9.69 Å². The number of carbonyl (C=O) groups is 1. The number of nitrogens with zero attached hydrogens (tertiary/aromatic N) is 1. The van der Waals surface area contributed by atoms with Crippen molar-refractivity contribution in [2.45, 2.75) is 37.9 Å². The molecule has 0 aromatic heterocycles. The second-order valence-electron chi connectivity index (χ2n) is 7.15. The quantitative estimate of drug-likeness (QED) is 0.782. The number of alkyl halides is 3. The summed E-state index contributed by atoms with van der Waals surface area (Å²) in [4.78, 5) is 15.1. The van der Waals surface area contributed by atoms with Crippen LogP contribution in [-0.4, -0.2) is 30.4 Å². The van der Waals surface area contributed by atoms with Gasteiger partial charge in [0.25, 0.3) is 0 Å². The Hall–Kier alpha value is -2.34. The van der Waals surface area contributed by atoms with E-state index in [1.165, 1.54) is 18.6 Å². The number of benzene rings is 2. The zero-order chi connectivity index (χ0) is 20.0. The third kappa shape index (κ3) is 5.35. The molecule has 1 N–H and O–H groups in total. The van der Waals surface area contributed by atoms with Crippen molar-refractivity contribution in [3.63, 3.8) is 0 Å². The lowest BCUT2D eigenvalue weighted by Crippen LogP contribution is -2.43. The molecule has 2 aromatic carbocycles. The number of nitrogens with one attached hydrogen (secondary N) is 1. The van der Waals surface area contributed by atoms with E-state index in [1.807, 2.05) is 30.3 Å². The van der Waals surface area contributed by atoms with Gasteiger partial charge in [-0.25, -0.2) is 0 Å². The molecule has 3 rings (SSSR count). The number of amides is 1. The van der Waals surface area contributed by atoms with Gasteiger partial charge in [-0.2, -0.15) is 13.2 Å². The molecule has 1 aliphatic heterocycles. The number of hydrogen-bond donors (Lipinski definition) is 1. The highest BCUT2D eigenvalue weighted by Gasteiger charge is 2.30. The minimum atomic E-state index is -4.33. The Morgan fingerprint density at radius 3 is 2.21 bits per heavy atom. The van der Waals surface area contributed by atoms with Gasteiger partial charge in [0.1, 0.15) is 6.04 Å². The first-order chi connectivity index (χ1) is 13.4. The molecule has 1 amide bonds. The molecule has 0 aliphatic carbocycles. The summed E-state index contributed by atoms with van der Waals surface area (Å²) in [6, 6.07) is 14.5. The Balaban J connectivity index is 1.60. The van der Waals surface area contributed by atoms with E-state index < -0.39 is 11.7 Å². The van der Waals surface area contributed by atoms with E-state index in [1.54, 1.807) is 0 Å². The Morgan fingerprint density at radius 2 is 1.61 bits per heavy atom. The van der Waals surface area contributed by atoms with Crippen molar-refractivity contribution in [1.29, 1.82) is 0 Å². The van der Waals surface area contributed by atoms with Crippen LogP contribution in [0.2, 0.25) is 0 Å². The van der Waals surface area contributed by atoms with Crippen LogP contribution < -0.4 is 5.32 Å². The van der Waals surface area contributed by atoms with Gasteiger partial charge in [-0.05, 0) is 55.6 Å². The molecule has 1 saturated heterocycles. The molecule has 0 bridgehead atoms. The second-order valence-corrected chi connectivity index (χ2v) is 7.15. The molecule has 1 unspecified atom stereocenters. The molecule has 1 aliphatic rings. The average Bonchev–Trinajstić information content (AvgIpc) is 2.70. The number of rotatable bonds is 6. The number of likely N-dealkylation sites (tertiary alicyclic amines) is 1. The van der Waals surface area contributed by atoms with Crippen molar-refractivity contribution in [2.75, 3.05) is 19.6 Å². The van der Waals surface area contributed by atoms with E-state index in [-0.39, 0.29) is 11.9 Å². The normalized spacial score (nSPS) is 16.5. The highest BCUT2D eigenvalue weighted by Crippen LogP contribution is 2.29. The van der Waals surface area contributed by atoms with Crippen molar-refractivity contribution in [2.24, 2.45) is 0 Å². The van der Waals surface area contributed by atoms with E-state index >= 15 is 0 Å². The van der Waals surface area contributed by atoms with Crippen LogP contribution in [0.1, 0.15) is 42.0 Å². The summed E-state index contributed by atoms with van der Waals surface area (Å²) in [7, 11) is 0. The maximum atomic E-state index is 12.9. The minimum Gasteiger partial charge on any atom is -0.354 e. The van der Waals surface area contributed by atoms with Gasteiger partial charge in [0.15, 0.2) is 0 Å². The lowest BCUT2D eigenvalue weighted by molar-refractivity contribution is -0.137. The molecule has 0 spiro atoms. The van der Waals surface area contributed by atoms with Crippen LogP contribution in [0.3, 0.4) is 0 Å². The summed E-state index contributed by atoms with van der Waals surface area (Å²) in [5, 5.41) is 2.97. The van der Waals surface area contributed by atoms with Gasteiger partial charge in [-0.1, -0.05) is 48.9 Å². The lowest BCUT2D eigenvalue weighted by Gasteiger charge is -2.34. The monoisotopic (exact) mass is 390 g/mol. The molecule has 1 fully saturated rings. The zero-order valence-corrected chi connectivity index (χ0v) is 15.7. The highest BCUT2D eigenvalue weighted by atomic mass is 19.4. The average molecular weight is 390 g/mol. The van der Waals surface area contributed by atoms with Crippen molar-refractivity contribution in [1.82, 2.24) is 10.2 Å². The molecule has 150 valence electrons. The van der Waals surface area contributed by atoms with Crippen LogP contribution in [0.15, 0.2) is 54.6 Å². The van der Waals surface area contributed by atoms with E-state index in [2.05, 4.69) is 10.2 Å². The van der Waals surface area contributed by atoms with E-state index in [0.29, 0.717) is 13.0 Å². The van der Waals surface area contributed by atoms with Crippen LogP contribution >= 0.6 is 0 Å². The van der Waals surface area contributed by atoms with Crippen LogP contribution in [-0.2, 0) is 17.4 Å². The second kappa shape index (κ2) is 9.24. The Labute approximate surface area is 163 Å². The van der Waals surface area contributed by atoms with Gasteiger partial charge in [0.05, 0.1) is 5.56 Å². The van der Waals surface area contributed by atoms with Crippen LogP contribution in [0, 0.1) is 0 Å². The highest BCUT2D eigenvalue weighted by molar-refractivity contribution is 5.83.